The molecule has 2 aromatic rings. The van der Waals surface area contributed by atoms with Gasteiger partial charge in [-0.05, 0) is 44.0 Å². The van der Waals surface area contributed by atoms with E-state index in [1.54, 1.807) is 6.07 Å². The summed E-state index contributed by atoms with van der Waals surface area (Å²) in [6.45, 7) is 5.51. The van der Waals surface area contributed by atoms with Gasteiger partial charge in [-0.1, -0.05) is 42.5 Å². The van der Waals surface area contributed by atoms with Gasteiger partial charge in [-0.15, -0.1) is 0 Å². The Labute approximate surface area is 130 Å². The molecule has 0 heterocycles. The lowest BCUT2D eigenvalue weighted by atomic mass is 9.88. The second-order valence-corrected chi connectivity index (χ2v) is 6.31. The van der Waals surface area contributed by atoms with Crippen LogP contribution in [0.2, 0.25) is 0 Å². The summed E-state index contributed by atoms with van der Waals surface area (Å²) in [7, 11) is 0. The van der Waals surface area contributed by atoms with E-state index in [1.807, 2.05) is 57.2 Å². The average Bonchev–Trinajstić information content (AvgIpc) is 2.44. The number of rotatable bonds is 4. The maximum absolute atomic E-state index is 13.5. The largest absolute Gasteiger partial charge is 0.460 e. The zero-order chi connectivity index (χ0) is 16.2. The SMILES string of the molecule is CC(C)(C)OC(=O)C[C@H](c1ccccc1)c1cccc(F)c1. The van der Waals surface area contributed by atoms with E-state index in [9.17, 15) is 9.18 Å². The normalized spacial score (nSPS) is 12.7. The van der Waals surface area contributed by atoms with Crippen molar-refractivity contribution in [3.63, 3.8) is 0 Å². The Morgan fingerprint density at radius 3 is 2.27 bits per heavy atom. The second-order valence-electron chi connectivity index (χ2n) is 6.31. The summed E-state index contributed by atoms with van der Waals surface area (Å²) in [5.74, 6) is -0.806. The Hall–Kier alpha value is -2.16. The molecule has 2 rings (SSSR count). The van der Waals surface area contributed by atoms with Crippen molar-refractivity contribution in [2.24, 2.45) is 0 Å². The molecule has 0 unspecified atom stereocenters. The summed E-state index contributed by atoms with van der Waals surface area (Å²) in [6.07, 6.45) is 0.185. The van der Waals surface area contributed by atoms with E-state index >= 15 is 0 Å². The van der Waals surface area contributed by atoms with Crippen LogP contribution in [0.1, 0.15) is 44.2 Å². The van der Waals surface area contributed by atoms with Crippen LogP contribution >= 0.6 is 0 Å². The highest BCUT2D eigenvalue weighted by Crippen LogP contribution is 2.29. The van der Waals surface area contributed by atoms with Crippen LogP contribution in [0.4, 0.5) is 4.39 Å². The van der Waals surface area contributed by atoms with Gasteiger partial charge in [0, 0.05) is 5.92 Å². The standard InChI is InChI=1S/C19H21FO2/c1-19(2,3)22-18(21)13-17(14-8-5-4-6-9-14)15-10-7-11-16(20)12-15/h4-12,17H,13H2,1-3H3/t17-/m1/s1. The quantitative estimate of drug-likeness (QED) is 0.766. The molecule has 0 radical (unpaired) electrons. The first-order valence-corrected chi connectivity index (χ1v) is 7.37. The van der Waals surface area contributed by atoms with Gasteiger partial charge in [-0.3, -0.25) is 4.79 Å². The fourth-order valence-corrected chi connectivity index (χ4v) is 2.39. The molecule has 0 aliphatic rings. The molecular weight excluding hydrogens is 279 g/mol. The van der Waals surface area contributed by atoms with Crippen LogP contribution in [0.15, 0.2) is 54.6 Å². The molecule has 0 aliphatic heterocycles. The molecule has 0 bridgehead atoms. The molecule has 0 fully saturated rings. The van der Waals surface area contributed by atoms with Crippen LogP contribution in [0.3, 0.4) is 0 Å². The number of halogens is 1. The molecule has 0 saturated heterocycles. The summed E-state index contributed by atoms with van der Waals surface area (Å²) in [5, 5.41) is 0. The molecule has 0 saturated carbocycles. The number of benzene rings is 2. The molecule has 22 heavy (non-hydrogen) atoms. The molecular formula is C19H21FO2. The highest BCUT2D eigenvalue weighted by atomic mass is 19.1. The first-order chi connectivity index (χ1) is 10.3. The molecule has 2 aromatic carbocycles. The highest BCUT2D eigenvalue weighted by molar-refractivity contribution is 5.72. The third-order valence-electron chi connectivity index (χ3n) is 3.24. The van der Waals surface area contributed by atoms with Crippen molar-refractivity contribution in [3.8, 4) is 0 Å². The van der Waals surface area contributed by atoms with E-state index in [0.717, 1.165) is 11.1 Å². The van der Waals surface area contributed by atoms with Gasteiger partial charge >= 0.3 is 5.97 Å². The van der Waals surface area contributed by atoms with Gasteiger partial charge in [0.25, 0.3) is 0 Å². The number of carbonyl (C=O) groups is 1. The minimum atomic E-state index is -0.528. The van der Waals surface area contributed by atoms with Crippen LogP contribution in [0, 0.1) is 5.82 Å². The lowest BCUT2D eigenvalue weighted by Gasteiger charge is -2.23. The maximum Gasteiger partial charge on any atom is 0.307 e. The molecule has 0 aromatic heterocycles. The van der Waals surface area contributed by atoms with E-state index in [0.29, 0.717) is 0 Å². The van der Waals surface area contributed by atoms with E-state index < -0.39 is 5.60 Å². The van der Waals surface area contributed by atoms with Crippen LogP contribution < -0.4 is 0 Å². The molecule has 0 amide bonds. The molecule has 0 spiro atoms. The third kappa shape index (κ3) is 4.69. The van der Waals surface area contributed by atoms with Crippen LogP contribution in [-0.2, 0) is 9.53 Å². The lowest BCUT2D eigenvalue weighted by Crippen LogP contribution is -2.25. The zero-order valence-corrected chi connectivity index (χ0v) is 13.2. The van der Waals surface area contributed by atoms with Gasteiger partial charge in [0.15, 0.2) is 0 Å². The molecule has 3 heteroatoms. The number of hydrogen-bond donors (Lipinski definition) is 0. The Kier molecular flexibility index (Phi) is 4.96. The summed E-state index contributed by atoms with van der Waals surface area (Å²) in [4.78, 5) is 12.2. The summed E-state index contributed by atoms with van der Waals surface area (Å²) in [5.41, 5.74) is 1.22. The second kappa shape index (κ2) is 6.73. The van der Waals surface area contributed by atoms with E-state index in [1.165, 1.54) is 12.1 Å². The van der Waals surface area contributed by atoms with E-state index in [2.05, 4.69) is 0 Å². The lowest BCUT2D eigenvalue weighted by molar-refractivity contribution is -0.155. The molecule has 0 aliphatic carbocycles. The number of carbonyl (C=O) groups excluding carboxylic acids is 1. The third-order valence-corrected chi connectivity index (χ3v) is 3.24. The monoisotopic (exact) mass is 300 g/mol. The van der Waals surface area contributed by atoms with Gasteiger partial charge in [-0.2, -0.15) is 0 Å². The van der Waals surface area contributed by atoms with Gasteiger partial charge in [0.05, 0.1) is 6.42 Å². The van der Waals surface area contributed by atoms with Crippen molar-refractivity contribution in [1.29, 1.82) is 0 Å². The minimum absolute atomic E-state index is 0.185. The van der Waals surface area contributed by atoms with Crippen molar-refractivity contribution in [2.45, 2.75) is 38.7 Å². The van der Waals surface area contributed by atoms with Crippen molar-refractivity contribution in [2.75, 3.05) is 0 Å². The van der Waals surface area contributed by atoms with Gasteiger partial charge in [0.2, 0.25) is 0 Å². The minimum Gasteiger partial charge on any atom is -0.460 e. The topological polar surface area (TPSA) is 26.3 Å². The van der Waals surface area contributed by atoms with Crippen molar-refractivity contribution < 1.29 is 13.9 Å². The van der Waals surface area contributed by atoms with E-state index in [4.69, 9.17) is 4.74 Å². The summed E-state index contributed by atoms with van der Waals surface area (Å²) in [6, 6.07) is 16.0. The van der Waals surface area contributed by atoms with Crippen molar-refractivity contribution >= 4 is 5.97 Å². The maximum atomic E-state index is 13.5. The highest BCUT2D eigenvalue weighted by Gasteiger charge is 2.23. The van der Waals surface area contributed by atoms with Crippen LogP contribution in [0.5, 0.6) is 0 Å². The summed E-state index contributed by atoms with van der Waals surface area (Å²) < 4.78 is 18.9. The van der Waals surface area contributed by atoms with Gasteiger partial charge in [0.1, 0.15) is 11.4 Å². The first kappa shape index (κ1) is 16.2. The molecule has 0 N–H and O–H groups in total. The predicted octanol–water partition coefficient (Wildman–Crippen LogP) is 4.69. The predicted molar refractivity (Wildman–Crippen MR) is 85.1 cm³/mol. The number of hydrogen-bond acceptors (Lipinski definition) is 2. The molecule has 116 valence electrons. The Morgan fingerprint density at radius 2 is 1.68 bits per heavy atom. The van der Waals surface area contributed by atoms with Crippen molar-refractivity contribution in [1.82, 2.24) is 0 Å². The van der Waals surface area contributed by atoms with Crippen molar-refractivity contribution in [3.05, 3.63) is 71.5 Å². The van der Waals surface area contributed by atoms with Crippen LogP contribution in [0.25, 0.3) is 0 Å². The smallest absolute Gasteiger partial charge is 0.307 e. The average molecular weight is 300 g/mol. The van der Waals surface area contributed by atoms with Gasteiger partial charge < -0.3 is 4.74 Å². The molecule has 1 atom stereocenters. The van der Waals surface area contributed by atoms with Gasteiger partial charge in [-0.25, -0.2) is 4.39 Å². The Balaban J connectivity index is 2.29. The Bertz CT molecular complexity index is 629. The fourth-order valence-electron chi connectivity index (χ4n) is 2.39. The first-order valence-electron chi connectivity index (χ1n) is 7.37. The number of ether oxygens (including phenoxy) is 1. The Morgan fingerprint density at radius 1 is 1.05 bits per heavy atom. The van der Waals surface area contributed by atoms with E-state index in [-0.39, 0.29) is 24.1 Å². The fraction of sp³-hybridized carbons (Fsp3) is 0.316. The summed E-state index contributed by atoms with van der Waals surface area (Å²) >= 11 is 0. The van der Waals surface area contributed by atoms with Crippen LogP contribution in [-0.4, -0.2) is 11.6 Å². The molecule has 2 nitrogen and oxygen atoms in total. The zero-order valence-electron chi connectivity index (χ0n) is 13.2. The number of esters is 1.